The first-order chi connectivity index (χ1) is 20.5. The summed E-state index contributed by atoms with van der Waals surface area (Å²) in [5.41, 5.74) is -3.90. The van der Waals surface area contributed by atoms with Gasteiger partial charge in [0.25, 0.3) is 4.45 Å². The summed E-state index contributed by atoms with van der Waals surface area (Å²) in [7, 11) is 0. The second-order valence-electron chi connectivity index (χ2n) is 12.0. The van der Waals surface area contributed by atoms with Crippen molar-refractivity contribution in [2.75, 3.05) is 10.6 Å². The van der Waals surface area contributed by atoms with Gasteiger partial charge in [-0.05, 0) is 85.6 Å². The standard InChI is InChI=1S/C31H34F6N2O3S2/c1-28(13-5-3-6-14-28)25(40)38-21-17-19(30(32,33)34)9-11-23(21)43-27(42)44-24-12-10-20(31(35,36)37)18-22(24)39-26(41)29(2)15-7-4-8-16-29/h9-12,17-18H,3-8,13-16H2,1-2H3,(H,38,40)(H,39,41). The molecule has 2 aromatic rings. The monoisotopic (exact) mass is 660 g/mol. The van der Waals surface area contributed by atoms with E-state index in [4.69, 9.17) is 0 Å². The smallest absolute Gasteiger partial charge is 0.325 e. The van der Waals surface area contributed by atoms with Crippen molar-refractivity contribution in [1.29, 1.82) is 0 Å². The van der Waals surface area contributed by atoms with Gasteiger partial charge in [-0.1, -0.05) is 52.4 Å². The fourth-order valence-electron chi connectivity index (χ4n) is 5.65. The van der Waals surface area contributed by atoms with Crippen molar-refractivity contribution in [2.45, 2.75) is 100 Å². The van der Waals surface area contributed by atoms with E-state index in [0.717, 1.165) is 74.9 Å². The molecule has 0 bridgehead atoms. The van der Waals surface area contributed by atoms with Crippen molar-refractivity contribution in [3.63, 3.8) is 0 Å². The van der Waals surface area contributed by atoms with E-state index in [9.17, 15) is 40.7 Å². The fraction of sp³-hybridized carbons (Fsp3) is 0.516. The molecule has 0 atom stereocenters. The van der Waals surface area contributed by atoms with Crippen LogP contribution in [0.2, 0.25) is 0 Å². The molecule has 4 rings (SSSR count). The van der Waals surface area contributed by atoms with Crippen LogP contribution in [0.5, 0.6) is 0 Å². The quantitative estimate of drug-likeness (QED) is 0.238. The Kier molecular flexibility index (Phi) is 10.4. The molecule has 2 fully saturated rings. The van der Waals surface area contributed by atoms with Gasteiger partial charge >= 0.3 is 12.4 Å². The Morgan fingerprint density at radius 3 is 1.27 bits per heavy atom. The Balaban J connectivity index is 1.59. The highest BCUT2D eigenvalue weighted by Gasteiger charge is 2.38. The molecule has 0 aromatic heterocycles. The molecule has 0 aliphatic heterocycles. The molecule has 240 valence electrons. The molecule has 0 saturated heterocycles. The van der Waals surface area contributed by atoms with Crippen LogP contribution in [0.25, 0.3) is 0 Å². The first-order valence-corrected chi connectivity index (χ1v) is 16.1. The molecule has 2 amide bonds. The Labute approximate surface area is 260 Å². The largest absolute Gasteiger partial charge is 0.416 e. The van der Waals surface area contributed by atoms with E-state index in [1.54, 1.807) is 13.8 Å². The SMILES string of the molecule is CC1(C(=O)Nc2cc(C(F)(F)F)ccc2SC(=O)Sc2ccc(C(F)(F)F)cc2NC(=O)C2(C)CCCCC2)CCCCC1. The molecule has 0 heterocycles. The van der Waals surface area contributed by atoms with Gasteiger partial charge in [0.2, 0.25) is 11.8 Å². The van der Waals surface area contributed by atoms with Crippen molar-refractivity contribution in [3.8, 4) is 0 Å². The average molecular weight is 661 g/mol. The number of nitrogens with one attached hydrogen (secondary N) is 2. The lowest BCUT2D eigenvalue weighted by molar-refractivity contribution is -0.138. The molecule has 5 nitrogen and oxygen atoms in total. The van der Waals surface area contributed by atoms with Gasteiger partial charge in [0.05, 0.1) is 22.5 Å². The van der Waals surface area contributed by atoms with Crippen LogP contribution in [-0.2, 0) is 21.9 Å². The molecule has 0 unspecified atom stereocenters. The summed E-state index contributed by atoms with van der Waals surface area (Å²) in [6.07, 6.45) is -1.89. The van der Waals surface area contributed by atoms with E-state index in [1.165, 1.54) is 0 Å². The number of anilines is 2. The number of rotatable bonds is 6. The van der Waals surface area contributed by atoms with E-state index >= 15 is 0 Å². The highest BCUT2D eigenvalue weighted by Crippen LogP contribution is 2.44. The zero-order chi connectivity index (χ0) is 32.3. The third-order valence-corrected chi connectivity index (χ3v) is 10.5. The molecular weight excluding hydrogens is 626 g/mol. The van der Waals surface area contributed by atoms with Crippen molar-refractivity contribution < 1.29 is 40.7 Å². The van der Waals surface area contributed by atoms with Crippen molar-refractivity contribution in [2.24, 2.45) is 10.8 Å². The van der Waals surface area contributed by atoms with Gasteiger partial charge in [-0.3, -0.25) is 14.4 Å². The van der Waals surface area contributed by atoms with E-state index in [0.29, 0.717) is 49.2 Å². The summed E-state index contributed by atoms with van der Waals surface area (Å²) in [6, 6.07) is 5.33. The second-order valence-corrected chi connectivity index (χ2v) is 14.3. The Morgan fingerprint density at radius 1 is 0.614 bits per heavy atom. The van der Waals surface area contributed by atoms with Gasteiger partial charge in [0, 0.05) is 20.6 Å². The summed E-state index contributed by atoms with van der Waals surface area (Å²) in [4.78, 5) is 39.7. The van der Waals surface area contributed by atoms with E-state index in [2.05, 4.69) is 10.6 Å². The summed E-state index contributed by atoms with van der Waals surface area (Å²) >= 11 is 1.09. The Bertz CT molecular complexity index is 1290. The van der Waals surface area contributed by atoms with Crippen LogP contribution in [0.3, 0.4) is 0 Å². The number of halogens is 6. The van der Waals surface area contributed by atoms with E-state index in [1.807, 2.05) is 0 Å². The van der Waals surface area contributed by atoms with Crippen LogP contribution in [0.4, 0.5) is 42.5 Å². The van der Waals surface area contributed by atoms with Crippen LogP contribution < -0.4 is 10.6 Å². The molecule has 13 heteroatoms. The molecule has 0 radical (unpaired) electrons. The van der Waals surface area contributed by atoms with Crippen LogP contribution in [0, 0.1) is 10.8 Å². The summed E-state index contributed by atoms with van der Waals surface area (Å²) < 4.78 is 80.6. The zero-order valence-corrected chi connectivity index (χ0v) is 26.0. The number of hydrogen-bond donors (Lipinski definition) is 2. The molecule has 2 aliphatic rings. The second kappa shape index (κ2) is 13.4. The van der Waals surface area contributed by atoms with E-state index < -0.39 is 50.6 Å². The summed E-state index contributed by atoms with van der Waals surface area (Å²) in [5, 5.41) is 5.20. The first kappa shape index (κ1) is 34.2. The third-order valence-electron chi connectivity index (χ3n) is 8.51. The topological polar surface area (TPSA) is 75.3 Å². The Hall–Kier alpha value is -2.67. The van der Waals surface area contributed by atoms with Gasteiger partial charge in [-0.15, -0.1) is 0 Å². The molecule has 2 N–H and O–H groups in total. The predicted octanol–water partition coefficient (Wildman–Crippen LogP) is 10.5. The minimum atomic E-state index is -4.70. The normalized spacial score (nSPS) is 18.4. The number of carbonyl (C=O) groups excluding carboxylic acids is 3. The molecule has 2 saturated carbocycles. The summed E-state index contributed by atoms with van der Waals surface area (Å²) in [5.74, 6) is -0.884. The Morgan fingerprint density at radius 2 is 0.955 bits per heavy atom. The maximum atomic E-state index is 13.5. The number of carbonyl (C=O) groups is 3. The van der Waals surface area contributed by atoms with Crippen LogP contribution >= 0.6 is 23.5 Å². The molecule has 2 aromatic carbocycles. The number of benzene rings is 2. The minimum absolute atomic E-state index is 0.0514. The molecule has 44 heavy (non-hydrogen) atoms. The van der Waals surface area contributed by atoms with E-state index in [-0.39, 0.29) is 21.2 Å². The van der Waals surface area contributed by atoms with Crippen LogP contribution in [-0.4, -0.2) is 16.3 Å². The van der Waals surface area contributed by atoms with Gasteiger partial charge < -0.3 is 10.6 Å². The predicted molar refractivity (Wildman–Crippen MR) is 160 cm³/mol. The number of amides is 2. The van der Waals surface area contributed by atoms with Gasteiger partial charge in [0.15, 0.2) is 0 Å². The molecular formula is C31H34F6N2O3S2. The maximum Gasteiger partial charge on any atom is 0.416 e. The van der Waals surface area contributed by atoms with Gasteiger partial charge in [-0.25, -0.2) is 0 Å². The van der Waals surface area contributed by atoms with Gasteiger partial charge in [0.1, 0.15) is 0 Å². The molecule has 0 spiro atoms. The average Bonchev–Trinajstić information content (AvgIpc) is 2.94. The van der Waals surface area contributed by atoms with Crippen molar-refractivity contribution in [3.05, 3.63) is 47.5 Å². The lowest BCUT2D eigenvalue weighted by Crippen LogP contribution is -2.35. The fourth-order valence-corrected chi connectivity index (χ4v) is 7.43. The zero-order valence-electron chi connectivity index (χ0n) is 24.3. The lowest BCUT2D eigenvalue weighted by Gasteiger charge is -2.32. The van der Waals surface area contributed by atoms with Crippen LogP contribution in [0.15, 0.2) is 46.2 Å². The number of thioether (sulfide) groups is 2. The van der Waals surface area contributed by atoms with Crippen molar-refractivity contribution >= 4 is 51.2 Å². The number of alkyl halides is 6. The number of hydrogen-bond acceptors (Lipinski definition) is 5. The van der Waals surface area contributed by atoms with Gasteiger partial charge in [-0.2, -0.15) is 26.3 Å². The van der Waals surface area contributed by atoms with Crippen molar-refractivity contribution in [1.82, 2.24) is 0 Å². The highest BCUT2D eigenvalue weighted by molar-refractivity contribution is 8.38. The minimum Gasteiger partial charge on any atom is -0.325 e. The summed E-state index contributed by atoms with van der Waals surface area (Å²) in [6.45, 7) is 3.52. The lowest BCUT2D eigenvalue weighted by atomic mass is 9.75. The first-order valence-electron chi connectivity index (χ1n) is 14.5. The maximum absolute atomic E-state index is 13.5. The van der Waals surface area contributed by atoms with Crippen LogP contribution in [0.1, 0.15) is 89.2 Å². The molecule has 2 aliphatic carbocycles. The third kappa shape index (κ3) is 8.32. The highest BCUT2D eigenvalue weighted by atomic mass is 32.2.